The lowest BCUT2D eigenvalue weighted by atomic mass is 10.1. The van der Waals surface area contributed by atoms with Crippen LogP contribution in [-0.4, -0.2) is 37.3 Å². The molecule has 0 spiro atoms. The van der Waals surface area contributed by atoms with Crippen LogP contribution in [0.2, 0.25) is 0 Å². The van der Waals surface area contributed by atoms with E-state index >= 15 is 0 Å². The molecule has 148 valence electrons. The highest BCUT2D eigenvalue weighted by Gasteiger charge is 2.26. The van der Waals surface area contributed by atoms with Crippen LogP contribution in [0.3, 0.4) is 0 Å². The fraction of sp³-hybridized carbons (Fsp3) is 0.350. The summed E-state index contributed by atoms with van der Waals surface area (Å²) in [7, 11) is 3.42. The van der Waals surface area contributed by atoms with Gasteiger partial charge in [-0.2, -0.15) is 0 Å². The van der Waals surface area contributed by atoms with Gasteiger partial charge in [-0.3, -0.25) is 14.9 Å². The van der Waals surface area contributed by atoms with Crippen LogP contribution in [-0.2, 0) is 6.54 Å². The summed E-state index contributed by atoms with van der Waals surface area (Å²) in [6.45, 7) is 0.472. The molecular formula is C20H23N3O4S. The number of ether oxygens (including phenoxy) is 1. The molecule has 1 aliphatic carbocycles. The average Bonchev–Trinajstić information content (AvgIpc) is 3.51. The number of carbonyl (C=O) groups is 1. The summed E-state index contributed by atoms with van der Waals surface area (Å²) >= 11 is 1.60. The molecule has 2 aromatic rings. The molecule has 1 saturated carbocycles. The van der Waals surface area contributed by atoms with E-state index in [1.165, 1.54) is 6.07 Å². The van der Waals surface area contributed by atoms with Gasteiger partial charge < -0.3 is 15.0 Å². The molecule has 8 heteroatoms. The molecule has 0 radical (unpaired) electrons. The van der Waals surface area contributed by atoms with Crippen LogP contribution in [0.5, 0.6) is 5.75 Å². The van der Waals surface area contributed by atoms with E-state index in [-0.39, 0.29) is 17.6 Å². The molecule has 1 aliphatic rings. The first-order valence-electron chi connectivity index (χ1n) is 8.94. The summed E-state index contributed by atoms with van der Waals surface area (Å²) in [5, 5.41) is 14.5. The smallest absolute Gasteiger partial charge is 0.293 e. The minimum Gasteiger partial charge on any atom is -0.496 e. The number of nitro benzene ring substituents is 1. The number of hydrogen-bond donors (Lipinski definition) is 1. The molecule has 28 heavy (non-hydrogen) atoms. The zero-order chi connectivity index (χ0) is 20.3. The lowest BCUT2D eigenvalue weighted by Crippen LogP contribution is -2.25. The van der Waals surface area contributed by atoms with Crippen molar-refractivity contribution in [1.29, 1.82) is 0 Å². The largest absolute Gasteiger partial charge is 0.496 e. The average molecular weight is 401 g/mol. The fourth-order valence-electron chi connectivity index (χ4n) is 2.97. The lowest BCUT2D eigenvalue weighted by molar-refractivity contribution is -0.384. The first kappa shape index (κ1) is 20.0. The Morgan fingerprint density at radius 3 is 2.68 bits per heavy atom. The van der Waals surface area contributed by atoms with Crippen molar-refractivity contribution in [2.75, 3.05) is 25.3 Å². The summed E-state index contributed by atoms with van der Waals surface area (Å²) in [4.78, 5) is 26.2. The van der Waals surface area contributed by atoms with E-state index in [1.54, 1.807) is 43.0 Å². The van der Waals surface area contributed by atoms with Gasteiger partial charge in [0.05, 0.1) is 12.0 Å². The van der Waals surface area contributed by atoms with Crippen LogP contribution in [0.15, 0.2) is 41.3 Å². The third-order valence-electron chi connectivity index (χ3n) is 4.63. The van der Waals surface area contributed by atoms with Crippen molar-refractivity contribution in [2.24, 2.45) is 0 Å². The molecular weight excluding hydrogens is 378 g/mol. The van der Waals surface area contributed by atoms with E-state index in [4.69, 9.17) is 4.74 Å². The number of hydrogen-bond acceptors (Lipinski definition) is 6. The number of anilines is 1. The minimum atomic E-state index is -0.447. The Kier molecular flexibility index (Phi) is 6.08. The summed E-state index contributed by atoms with van der Waals surface area (Å²) in [5.41, 5.74) is 1.66. The SMILES string of the molecule is COc1cc(CN(C)c2ccc(C(=O)NC3CC3)cc2[N+](=O)[O-])ccc1SC. The normalized spacial score (nSPS) is 13.1. The van der Waals surface area contributed by atoms with Crippen LogP contribution in [0.4, 0.5) is 11.4 Å². The van der Waals surface area contributed by atoms with E-state index < -0.39 is 4.92 Å². The van der Waals surface area contributed by atoms with Gasteiger partial charge in [-0.15, -0.1) is 11.8 Å². The number of methoxy groups -OCH3 is 1. The van der Waals surface area contributed by atoms with Gasteiger partial charge >= 0.3 is 0 Å². The van der Waals surface area contributed by atoms with Crippen molar-refractivity contribution in [3.8, 4) is 5.75 Å². The molecule has 0 bridgehead atoms. The predicted molar refractivity (Wildman–Crippen MR) is 110 cm³/mol. The van der Waals surface area contributed by atoms with E-state index in [2.05, 4.69) is 5.32 Å². The fourth-order valence-corrected chi connectivity index (χ4v) is 3.52. The summed E-state index contributed by atoms with van der Waals surface area (Å²) in [6.07, 6.45) is 3.91. The molecule has 7 nitrogen and oxygen atoms in total. The number of carbonyl (C=O) groups excluding carboxylic acids is 1. The molecule has 1 fully saturated rings. The summed E-state index contributed by atoms with van der Waals surface area (Å²) < 4.78 is 5.41. The van der Waals surface area contributed by atoms with Gasteiger partial charge in [0.25, 0.3) is 11.6 Å². The third kappa shape index (κ3) is 4.56. The molecule has 0 unspecified atom stereocenters. The zero-order valence-electron chi connectivity index (χ0n) is 16.1. The molecule has 1 amide bonds. The molecule has 1 N–H and O–H groups in total. The third-order valence-corrected chi connectivity index (χ3v) is 5.40. The molecule has 3 rings (SSSR count). The molecule has 0 atom stereocenters. The second-order valence-corrected chi connectivity index (χ2v) is 7.60. The predicted octanol–water partition coefficient (Wildman–Crippen LogP) is 3.85. The molecule has 0 heterocycles. The van der Waals surface area contributed by atoms with E-state index in [0.717, 1.165) is 29.1 Å². The van der Waals surface area contributed by atoms with Gasteiger partial charge in [0.2, 0.25) is 0 Å². The van der Waals surface area contributed by atoms with Crippen molar-refractivity contribution in [2.45, 2.75) is 30.3 Å². The highest BCUT2D eigenvalue weighted by Crippen LogP contribution is 2.32. The number of rotatable bonds is 8. The zero-order valence-corrected chi connectivity index (χ0v) is 16.9. The Balaban J connectivity index is 1.83. The topological polar surface area (TPSA) is 84.7 Å². The highest BCUT2D eigenvalue weighted by molar-refractivity contribution is 7.98. The molecule has 2 aromatic carbocycles. The van der Waals surface area contributed by atoms with Gasteiger partial charge in [0, 0.05) is 36.2 Å². The number of thioether (sulfide) groups is 1. The van der Waals surface area contributed by atoms with Gasteiger partial charge in [-0.1, -0.05) is 6.07 Å². The van der Waals surface area contributed by atoms with Crippen molar-refractivity contribution >= 4 is 29.0 Å². The first-order valence-corrected chi connectivity index (χ1v) is 10.2. The second kappa shape index (κ2) is 8.52. The van der Waals surface area contributed by atoms with Crippen LogP contribution in [0, 0.1) is 10.1 Å². The van der Waals surface area contributed by atoms with E-state index in [0.29, 0.717) is 17.8 Å². The Bertz CT molecular complexity index is 899. The van der Waals surface area contributed by atoms with Gasteiger partial charge in [-0.05, 0) is 48.9 Å². The maximum Gasteiger partial charge on any atom is 0.293 e. The molecule has 0 aliphatic heterocycles. The van der Waals surface area contributed by atoms with Crippen LogP contribution < -0.4 is 15.0 Å². The Hall–Kier alpha value is -2.74. The van der Waals surface area contributed by atoms with Crippen molar-refractivity contribution in [3.05, 3.63) is 57.6 Å². The van der Waals surface area contributed by atoms with Gasteiger partial charge in [0.15, 0.2) is 0 Å². The standard InChI is InChI=1S/C20H23N3O4S/c1-22(12-13-4-9-19(28-3)18(10-13)27-2)16-8-5-14(11-17(16)23(25)26)20(24)21-15-6-7-15/h4-5,8-11,15H,6-7,12H2,1-3H3,(H,21,24). The summed E-state index contributed by atoms with van der Waals surface area (Å²) in [5.74, 6) is 0.511. The number of nitro groups is 1. The maximum absolute atomic E-state index is 12.2. The van der Waals surface area contributed by atoms with E-state index in [1.807, 2.05) is 24.5 Å². The quantitative estimate of drug-likeness (QED) is 0.411. The van der Waals surface area contributed by atoms with E-state index in [9.17, 15) is 14.9 Å². The number of amides is 1. The minimum absolute atomic E-state index is 0.0846. The van der Waals surface area contributed by atoms with Crippen molar-refractivity contribution in [1.82, 2.24) is 5.32 Å². The van der Waals surface area contributed by atoms with Crippen molar-refractivity contribution in [3.63, 3.8) is 0 Å². The molecule has 0 saturated heterocycles. The second-order valence-electron chi connectivity index (χ2n) is 6.75. The number of nitrogens with zero attached hydrogens (tertiary/aromatic N) is 2. The Morgan fingerprint density at radius 1 is 1.32 bits per heavy atom. The number of benzene rings is 2. The van der Waals surface area contributed by atoms with Gasteiger partial charge in [-0.25, -0.2) is 0 Å². The maximum atomic E-state index is 12.2. The van der Waals surface area contributed by atoms with Crippen molar-refractivity contribution < 1.29 is 14.5 Å². The van der Waals surface area contributed by atoms with Crippen LogP contribution in [0.1, 0.15) is 28.8 Å². The number of nitrogens with one attached hydrogen (secondary N) is 1. The van der Waals surface area contributed by atoms with Gasteiger partial charge in [0.1, 0.15) is 11.4 Å². The highest BCUT2D eigenvalue weighted by atomic mass is 32.2. The molecule has 0 aromatic heterocycles. The van der Waals surface area contributed by atoms with Crippen LogP contribution in [0.25, 0.3) is 0 Å². The lowest BCUT2D eigenvalue weighted by Gasteiger charge is -2.20. The summed E-state index contributed by atoms with van der Waals surface area (Å²) in [6, 6.07) is 10.7. The Labute approximate surface area is 168 Å². The monoisotopic (exact) mass is 401 g/mol. The van der Waals surface area contributed by atoms with Crippen LogP contribution >= 0.6 is 11.8 Å². The Morgan fingerprint density at radius 2 is 2.07 bits per heavy atom. The first-order chi connectivity index (χ1) is 13.4.